The molecule has 1 aliphatic heterocycles. The number of hydrogen-bond acceptors (Lipinski definition) is 8. The number of carbonyl (C=O) groups is 1. The molecule has 9 nitrogen and oxygen atoms in total. The van der Waals surface area contributed by atoms with Crippen molar-refractivity contribution in [2.24, 2.45) is 0 Å². The van der Waals surface area contributed by atoms with Gasteiger partial charge in [-0.05, 0) is 19.3 Å². The number of hydrogen-bond donors (Lipinski definition) is 6. The van der Waals surface area contributed by atoms with Crippen molar-refractivity contribution < 1.29 is 39.8 Å². The minimum Gasteiger partial charge on any atom is -0.394 e. The molecule has 350 valence electrons. The molecule has 0 aliphatic carbocycles. The monoisotopic (exact) mass is 840 g/mol. The highest BCUT2D eigenvalue weighted by Gasteiger charge is 2.44. The van der Waals surface area contributed by atoms with Gasteiger partial charge < -0.3 is 40.3 Å². The fourth-order valence-corrected chi connectivity index (χ4v) is 8.28. The molecule has 0 radical (unpaired) electrons. The predicted octanol–water partition coefficient (Wildman–Crippen LogP) is 11.3. The van der Waals surface area contributed by atoms with Gasteiger partial charge >= 0.3 is 0 Å². The first-order valence-electron chi connectivity index (χ1n) is 25.4. The zero-order chi connectivity index (χ0) is 43.0. The summed E-state index contributed by atoms with van der Waals surface area (Å²) < 4.78 is 11.2. The van der Waals surface area contributed by atoms with Crippen LogP contribution in [-0.2, 0) is 14.3 Å². The van der Waals surface area contributed by atoms with Crippen LogP contribution in [0.25, 0.3) is 0 Å². The summed E-state index contributed by atoms with van der Waals surface area (Å²) in [4.78, 5) is 13.0. The quantitative estimate of drug-likeness (QED) is 0.0263. The van der Waals surface area contributed by atoms with Crippen LogP contribution in [0.1, 0.15) is 245 Å². The Kier molecular flexibility index (Phi) is 38.9. The molecule has 0 spiro atoms. The maximum absolute atomic E-state index is 13.0. The Morgan fingerprint density at radius 1 is 0.559 bits per heavy atom. The Morgan fingerprint density at radius 2 is 0.932 bits per heavy atom. The third kappa shape index (κ3) is 31.4. The molecule has 1 heterocycles. The average molecular weight is 840 g/mol. The second-order valence-electron chi connectivity index (χ2n) is 18.0. The van der Waals surface area contributed by atoms with Gasteiger partial charge in [-0.1, -0.05) is 231 Å². The molecular formula is C50H97NO8. The van der Waals surface area contributed by atoms with Crippen molar-refractivity contribution in [2.45, 2.75) is 288 Å². The molecule has 1 saturated heterocycles. The van der Waals surface area contributed by atoms with Crippen LogP contribution in [0.3, 0.4) is 0 Å². The van der Waals surface area contributed by atoms with E-state index in [0.29, 0.717) is 6.42 Å². The number of unbranched alkanes of at least 4 members (excludes halogenated alkanes) is 33. The maximum atomic E-state index is 13.0. The molecule has 6 N–H and O–H groups in total. The Hall–Kier alpha value is -1.07. The van der Waals surface area contributed by atoms with Gasteiger partial charge in [-0.2, -0.15) is 0 Å². The first-order valence-corrected chi connectivity index (χ1v) is 25.4. The molecule has 7 atom stereocenters. The van der Waals surface area contributed by atoms with Crippen molar-refractivity contribution in [3.63, 3.8) is 0 Å². The van der Waals surface area contributed by atoms with Crippen LogP contribution < -0.4 is 5.32 Å². The number of allylic oxidation sites excluding steroid dienone is 1. The molecular weight excluding hydrogens is 743 g/mol. The lowest BCUT2D eigenvalue weighted by Crippen LogP contribution is -2.60. The minimum atomic E-state index is -1.56. The van der Waals surface area contributed by atoms with Crippen molar-refractivity contribution >= 4 is 5.91 Å². The number of carbonyl (C=O) groups excluding carboxylic acids is 1. The Bertz CT molecular complexity index is 935. The number of aliphatic hydroxyl groups excluding tert-OH is 5. The highest BCUT2D eigenvalue weighted by Crippen LogP contribution is 2.23. The lowest BCUT2D eigenvalue weighted by molar-refractivity contribution is -0.302. The van der Waals surface area contributed by atoms with E-state index in [4.69, 9.17) is 9.47 Å². The molecule has 0 aromatic rings. The number of nitrogens with one attached hydrogen (secondary N) is 1. The summed E-state index contributed by atoms with van der Waals surface area (Å²) in [6, 6.07) is -0.799. The van der Waals surface area contributed by atoms with E-state index in [2.05, 4.69) is 19.2 Å². The van der Waals surface area contributed by atoms with E-state index in [-0.39, 0.29) is 12.5 Å². The van der Waals surface area contributed by atoms with Crippen molar-refractivity contribution in [1.82, 2.24) is 5.32 Å². The lowest BCUT2D eigenvalue weighted by Gasteiger charge is -2.40. The smallest absolute Gasteiger partial charge is 0.220 e. The van der Waals surface area contributed by atoms with Crippen LogP contribution in [-0.4, -0.2) is 87.5 Å². The average Bonchev–Trinajstić information content (AvgIpc) is 3.23. The summed E-state index contributed by atoms with van der Waals surface area (Å²) in [5.74, 6) is -0.172. The predicted molar refractivity (Wildman–Crippen MR) is 244 cm³/mol. The summed E-state index contributed by atoms with van der Waals surface area (Å²) in [6.45, 7) is 3.80. The molecule has 1 aliphatic rings. The highest BCUT2D eigenvalue weighted by molar-refractivity contribution is 5.76. The van der Waals surface area contributed by atoms with E-state index < -0.39 is 49.5 Å². The second kappa shape index (κ2) is 41.0. The van der Waals surface area contributed by atoms with Crippen molar-refractivity contribution in [2.75, 3.05) is 13.2 Å². The molecule has 1 amide bonds. The summed E-state index contributed by atoms with van der Waals surface area (Å²) >= 11 is 0. The van der Waals surface area contributed by atoms with Gasteiger partial charge in [0.1, 0.15) is 24.4 Å². The van der Waals surface area contributed by atoms with Crippen LogP contribution in [0.2, 0.25) is 0 Å². The molecule has 0 bridgehead atoms. The lowest BCUT2D eigenvalue weighted by atomic mass is 9.99. The van der Waals surface area contributed by atoms with Gasteiger partial charge in [-0.15, -0.1) is 0 Å². The summed E-state index contributed by atoms with van der Waals surface area (Å²) in [5, 5.41) is 54.3. The van der Waals surface area contributed by atoms with Crippen molar-refractivity contribution in [3.05, 3.63) is 12.2 Å². The van der Waals surface area contributed by atoms with Gasteiger partial charge in [-0.3, -0.25) is 4.79 Å². The van der Waals surface area contributed by atoms with Crippen LogP contribution in [0.15, 0.2) is 12.2 Å². The molecule has 0 aromatic heterocycles. The van der Waals surface area contributed by atoms with Gasteiger partial charge in [0.2, 0.25) is 5.91 Å². The third-order valence-electron chi connectivity index (χ3n) is 12.4. The second-order valence-corrected chi connectivity index (χ2v) is 18.0. The van der Waals surface area contributed by atoms with Crippen LogP contribution >= 0.6 is 0 Å². The summed E-state index contributed by atoms with van der Waals surface area (Å²) in [6.07, 6.45) is 41.1. The number of rotatable bonds is 43. The van der Waals surface area contributed by atoms with Crippen LogP contribution in [0.4, 0.5) is 0 Å². The van der Waals surface area contributed by atoms with E-state index >= 15 is 0 Å². The SMILES string of the molecule is CCCCCCCCCCCCCCCCCCCC/C=C/C(O)C(COC1OC(CO)C(O)C(O)C1O)NC(=O)CCCCCCCCCCCCCCCCCC. The maximum Gasteiger partial charge on any atom is 0.220 e. The van der Waals surface area contributed by atoms with Crippen LogP contribution in [0.5, 0.6) is 0 Å². The van der Waals surface area contributed by atoms with E-state index in [0.717, 1.165) is 38.5 Å². The fraction of sp³-hybridized carbons (Fsp3) is 0.940. The standard InChI is InChI=1S/C50H97NO8/c1-3-5-7-9-11-13-15-17-19-21-22-23-24-25-27-29-31-33-35-37-39-44(53)43(42-58-50-49(57)48(56)47(55)45(41-52)59-50)51-46(54)40-38-36-34-32-30-28-26-20-18-16-14-12-10-8-6-4-2/h37,39,43-45,47-50,52-53,55-57H,3-36,38,40-42H2,1-2H3,(H,51,54)/b39-37+. The topological polar surface area (TPSA) is 149 Å². The Morgan fingerprint density at radius 3 is 1.32 bits per heavy atom. The molecule has 9 heteroatoms. The Labute approximate surface area is 363 Å². The number of ether oxygens (including phenoxy) is 2. The molecule has 0 saturated carbocycles. The van der Waals surface area contributed by atoms with E-state index in [9.17, 15) is 30.3 Å². The minimum absolute atomic E-state index is 0.172. The molecule has 1 rings (SSSR count). The normalized spacial score (nSPS) is 20.7. The Balaban J connectivity index is 2.29. The van der Waals surface area contributed by atoms with E-state index in [1.807, 2.05) is 6.08 Å². The van der Waals surface area contributed by atoms with Crippen molar-refractivity contribution in [3.8, 4) is 0 Å². The van der Waals surface area contributed by atoms with Gasteiger partial charge in [-0.25, -0.2) is 0 Å². The van der Waals surface area contributed by atoms with Crippen LogP contribution in [0, 0.1) is 0 Å². The molecule has 7 unspecified atom stereocenters. The number of amides is 1. The zero-order valence-corrected chi connectivity index (χ0v) is 38.5. The van der Waals surface area contributed by atoms with Gasteiger partial charge in [0, 0.05) is 6.42 Å². The first-order chi connectivity index (χ1) is 28.8. The highest BCUT2D eigenvalue weighted by atomic mass is 16.7. The van der Waals surface area contributed by atoms with Gasteiger partial charge in [0.05, 0.1) is 25.4 Å². The van der Waals surface area contributed by atoms with Gasteiger partial charge in [0.15, 0.2) is 6.29 Å². The first kappa shape index (κ1) is 55.9. The van der Waals surface area contributed by atoms with E-state index in [1.165, 1.54) is 186 Å². The zero-order valence-electron chi connectivity index (χ0n) is 38.5. The summed E-state index contributed by atoms with van der Waals surface area (Å²) in [5.41, 5.74) is 0. The third-order valence-corrected chi connectivity index (χ3v) is 12.4. The molecule has 59 heavy (non-hydrogen) atoms. The summed E-state index contributed by atoms with van der Waals surface area (Å²) in [7, 11) is 0. The van der Waals surface area contributed by atoms with Crippen molar-refractivity contribution in [1.29, 1.82) is 0 Å². The largest absolute Gasteiger partial charge is 0.394 e. The molecule has 0 aromatic carbocycles. The fourth-order valence-electron chi connectivity index (χ4n) is 8.28. The molecule has 1 fully saturated rings. The van der Waals surface area contributed by atoms with E-state index in [1.54, 1.807) is 6.08 Å². The van der Waals surface area contributed by atoms with Gasteiger partial charge in [0.25, 0.3) is 0 Å². The number of aliphatic hydroxyl groups is 5.